The van der Waals surface area contributed by atoms with Crippen molar-refractivity contribution in [3.05, 3.63) is 11.1 Å². The number of fused-ring (bicyclic) bond motifs is 2. The Morgan fingerprint density at radius 2 is 0.733 bits per heavy atom. The number of rotatable bonds is 8. The van der Waals surface area contributed by atoms with Gasteiger partial charge in [-0.3, -0.25) is 19.2 Å². The van der Waals surface area contributed by atoms with Gasteiger partial charge in [-0.2, -0.15) is 0 Å². The first kappa shape index (κ1) is 23.9. The van der Waals surface area contributed by atoms with Gasteiger partial charge in [0.15, 0.2) is 0 Å². The molecule has 4 atom stereocenters. The molecule has 0 aromatic rings. The maximum absolute atomic E-state index is 13.0. The Labute approximate surface area is 177 Å². The molecule has 0 spiro atoms. The Bertz CT molecular complexity index is 617. The summed E-state index contributed by atoms with van der Waals surface area (Å²) >= 11 is 0. The Hall–Kier alpha value is -2.38. The van der Waals surface area contributed by atoms with Gasteiger partial charge in [-0.15, -0.1) is 0 Å². The van der Waals surface area contributed by atoms with Gasteiger partial charge < -0.3 is 18.9 Å². The second-order valence-electron chi connectivity index (χ2n) is 7.53. The minimum atomic E-state index is -0.933. The predicted molar refractivity (Wildman–Crippen MR) is 106 cm³/mol. The summed E-state index contributed by atoms with van der Waals surface area (Å²) in [6.45, 7) is 10.9. The van der Waals surface area contributed by atoms with Gasteiger partial charge in [0, 0.05) is 11.8 Å². The van der Waals surface area contributed by atoms with Crippen molar-refractivity contribution in [3.8, 4) is 0 Å². The van der Waals surface area contributed by atoms with Gasteiger partial charge in [0.25, 0.3) is 0 Å². The van der Waals surface area contributed by atoms with Crippen molar-refractivity contribution < 1.29 is 38.1 Å². The van der Waals surface area contributed by atoms with Crippen LogP contribution in [0.15, 0.2) is 11.1 Å². The summed E-state index contributed by atoms with van der Waals surface area (Å²) in [6, 6.07) is 0. The maximum Gasteiger partial charge on any atom is 0.310 e. The number of ether oxygens (including phenoxy) is 4. The van der Waals surface area contributed by atoms with E-state index in [1.165, 1.54) is 0 Å². The van der Waals surface area contributed by atoms with Crippen molar-refractivity contribution >= 4 is 23.9 Å². The van der Waals surface area contributed by atoms with E-state index in [1.807, 2.05) is 13.8 Å². The van der Waals surface area contributed by atoms with Crippen LogP contribution in [-0.4, -0.2) is 50.3 Å². The zero-order chi connectivity index (χ0) is 22.6. The Morgan fingerprint density at radius 3 is 0.900 bits per heavy atom. The first-order valence-corrected chi connectivity index (χ1v) is 10.6. The van der Waals surface area contributed by atoms with Crippen molar-refractivity contribution in [1.82, 2.24) is 0 Å². The van der Waals surface area contributed by atoms with Crippen molar-refractivity contribution in [2.24, 2.45) is 35.5 Å². The van der Waals surface area contributed by atoms with Crippen LogP contribution in [0.25, 0.3) is 0 Å². The molecule has 3 aliphatic carbocycles. The topological polar surface area (TPSA) is 105 Å². The van der Waals surface area contributed by atoms with Crippen LogP contribution in [-0.2, 0) is 38.1 Å². The number of hydrogen-bond donors (Lipinski definition) is 0. The summed E-state index contributed by atoms with van der Waals surface area (Å²) in [5, 5.41) is 0. The lowest BCUT2D eigenvalue weighted by Crippen LogP contribution is -2.60. The quantitative estimate of drug-likeness (QED) is 0.332. The molecule has 8 heteroatoms. The third-order valence-electron chi connectivity index (χ3n) is 6.18. The van der Waals surface area contributed by atoms with Crippen LogP contribution in [0.1, 0.15) is 41.5 Å². The fourth-order valence-electron chi connectivity index (χ4n) is 5.07. The van der Waals surface area contributed by atoms with Crippen LogP contribution in [0.2, 0.25) is 0 Å². The number of carbonyl (C=O) groups is 4. The average molecular weight is 424 g/mol. The minimum absolute atomic E-state index is 0.134. The normalized spacial score (nSPS) is 29.9. The van der Waals surface area contributed by atoms with E-state index in [2.05, 4.69) is 0 Å². The molecule has 0 aliphatic heterocycles. The Morgan fingerprint density at radius 1 is 0.533 bits per heavy atom. The van der Waals surface area contributed by atoms with E-state index in [0.717, 1.165) is 11.1 Å². The van der Waals surface area contributed by atoms with E-state index in [9.17, 15) is 19.2 Å². The molecule has 0 aromatic carbocycles. The summed E-state index contributed by atoms with van der Waals surface area (Å²) in [5.41, 5.74) is 1.61. The van der Waals surface area contributed by atoms with E-state index in [4.69, 9.17) is 18.9 Å². The number of carbonyl (C=O) groups excluding carboxylic acids is 4. The molecule has 4 unspecified atom stereocenters. The highest BCUT2D eigenvalue weighted by atomic mass is 16.5. The molecule has 0 amide bonds. The number of allylic oxidation sites excluding steroid dienone is 2. The van der Waals surface area contributed by atoms with Crippen molar-refractivity contribution in [2.75, 3.05) is 26.4 Å². The Kier molecular flexibility index (Phi) is 8.03. The molecular formula is C22H32O8. The lowest BCUT2D eigenvalue weighted by Gasteiger charge is -2.53. The van der Waals surface area contributed by atoms with Crippen LogP contribution in [0.4, 0.5) is 0 Å². The predicted octanol–water partition coefficient (Wildman–Crippen LogP) is 2.30. The largest absolute Gasteiger partial charge is 0.466 e. The highest BCUT2D eigenvalue weighted by molar-refractivity contribution is 5.91. The van der Waals surface area contributed by atoms with E-state index in [0.29, 0.717) is 0 Å². The third kappa shape index (κ3) is 4.09. The van der Waals surface area contributed by atoms with E-state index in [-0.39, 0.29) is 26.4 Å². The molecule has 1 saturated carbocycles. The summed E-state index contributed by atoms with van der Waals surface area (Å²) in [7, 11) is 0. The van der Waals surface area contributed by atoms with Crippen molar-refractivity contribution in [2.45, 2.75) is 41.5 Å². The molecule has 3 rings (SSSR count). The zero-order valence-electron chi connectivity index (χ0n) is 18.6. The molecule has 0 N–H and O–H groups in total. The summed E-state index contributed by atoms with van der Waals surface area (Å²) in [4.78, 5) is 51.9. The molecule has 2 bridgehead atoms. The summed E-state index contributed by atoms with van der Waals surface area (Å²) in [6.07, 6.45) is 0. The molecule has 3 aliphatic rings. The molecule has 0 saturated heterocycles. The molecular weight excluding hydrogens is 392 g/mol. The van der Waals surface area contributed by atoms with Gasteiger partial charge in [-0.1, -0.05) is 11.1 Å². The van der Waals surface area contributed by atoms with Crippen LogP contribution < -0.4 is 0 Å². The van der Waals surface area contributed by atoms with Crippen LogP contribution in [0.3, 0.4) is 0 Å². The Balaban J connectivity index is 2.69. The van der Waals surface area contributed by atoms with Crippen LogP contribution in [0.5, 0.6) is 0 Å². The molecule has 0 aromatic heterocycles. The maximum atomic E-state index is 13.0. The van der Waals surface area contributed by atoms with Gasteiger partial charge in [-0.05, 0) is 41.5 Å². The lowest BCUT2D eigenvalue weighted by molar-refractivity contribution is -0.186. The van der Waals surface area contributed by atoms with Gasteiger partial charge in [-0.25, -0.2) is 0 Å². The van der Waals surface area contributed by atoms with Gasteiger partial charge in [0.2, 0.25) is 0 Å². The third-order valence-corrected chi connectivity index (χ3v) is 6.18. The molecule has 8 nitrogen and oxygen atoms in total. The first-order chi connectivity index (χ1) is 14.3. The smallest absolute Gasteiger partial charge is 0.310 e. The monoisotopic (exact) mass is 424 g/mol. The lowest BCUT2D eigenvalue weighted by atomic mass is 9.48. The van der Waals surface area contributed by atoms with E-state index in [1.54, 1.807) is 27.7 Å². The molecule has 30 heavy (non-hydrogen) atoms. The van der Waals surface area contributed by atoms with E-state index < -0.39 is 59.4 Å². The van der Waals surface area contributed by atoms with Gasteiger partial charge in [0.05, 0.1) is 50.1 Å². The zero-order valence-corrected chi connectivity index (χ0v) is 18.6. The second kappa shape index (κ2) is 10.1. The second-order valence-corrected chi connectivity index (χ2v) is 7.53. The van der Waals surface area contributed by atoms with Gasteiger partial charge >= 0.3 is 23.9 Å². The minimum Gasteiger partial charge on any atom is -0.466 e. The summed E-state index contributed by atoms with van der Waals surface area (Å²) < 4.78 is 21.1. The van der Waals surface area contributed by atoms with Crippen molar-refractivity contribution in [3.63, 3.8) is 0 Å². The number of esters is 4. The molecule has 0 heterocycles. The van der Waals surface area contributed by atoms with Crippen molar-refractivity contribution in [1.29, 1.82) is 0 Å². The fraction of sp³-hybridized carbons (Fsp3) is 0.727. The highest BCUT2D eigenvalue weighted by Crippen LogP contribution is 2.58. The number of hydrogen-bond acceptors (Lipinski definition) is 8. The fourth-order valence-corrected chi connectivity index (χ4v) is 5.07. The SMILES string of the molecule is CCOC(=O)C1C(C(=O)OCC)C2C(C)=C(C)C1C(C(=O)OCC)C2C(=O)OCC. The van der Waals surface area contributed by atoms with E-state index >= 15 is 0 Å². The first-order valence-electron chi connectivity index (χ1n) is 10.6. The van der Waals surface area contributed by atoms with Gasteiger partial charge in [0.1, 0.15) is 0 Å². The standard InChI is InChI=1S/C22H32O8/c1-7-27-19(23)15-13-11(5)12(6)14(16(15)20(24)28-8-2)18(22(26)30-10-4)17(13)21(25)29-9-3/h13-18H,7-10H2,1-6H3. The van der Waals surface area contributed by atoms with Crippen LogP contribution in [0, 0.1) is 35.5 Å². The summed E-state index contributed by atoms with van der Waals surface area (Å²) in [5.74, 6) is -7.45. The average Bonchev–Trinajstić information content (AvgIpc) is 2.70. The molecule has 1 fully saturated rings. The molecule has 168 valence electrons. The highest BCUT2D eigenvalue weighted by Gasteiger charge is 2.65. The van der Waals surface area contributed by atoms with Crippen LogP contribution >= 0.6 is 0 Å². The molecule has 0 radical (unpaired) electrons.